The Labute approximate surface area is 136 Å². The smallest absolute Gasteiger partial charge is 0.306 e. The van der Waals surface area contributed by atoms with Crippen LogP contribution in [0.3, 0.4) is 0 Å². The highest BCUT2D eigenvalue weighted by atomic mass is 19.4. The number of nitrogens with zero attached hydrogens (tertiary/aromatic N) is 1. The van der Waals surface area contributed by atoms with Gasteiger partial charge in [0.25, 0.3) is 0 Å². The quantitative estimate of drug-likeness (QED) is 0.496. The molecule has 2 aromatic rings. The van der Waals surface area contributed by atoms with Crippen molar-refractivity contribution in [3.63, 3.8) is 0 Å². The summed E-state index contributed by atoms with van der Waals surface area (Å²) in [6.07, 6.45) is -4.45. The summed E-state index contributed by atoms with van der Waals surface area (Å²) in [7, 11) is 0. The third-order valence-electron chi connectivity index (χ3n) is 2.93. The Morgan fingerprint density at radius 3 is 2.29 bits per heavy atom. The summed E-state index contributed by atoms with van der Waals surface area (Å²) in [4.78, 5) is 11.7. The van der Waals surface area contributed by atoms with Gasteiger partial charge in [0, 0.05) is 11.3 Å². The van der Waals surface area contributed by atoms with E-state index in [1.165, 1.54) is 0 Å². The van der Waals surface area contributed by atoms with Gasteiger partial charge in [-0.2, -0.15) is 18.2 Å². The number of alkyl halides is 3. The lowest BCUT2D eigenvalue weighted by atomic mass is 10.2. The standard InChI is InChI=1S/C17H13F3N2O2/c18-17(19,20)14-8-10-15(11-9-14)21-16(23)22(24)12-4-7-13-5-2-1-3-6-13/h1-3,5-6,8-11,24H,12H2,(H,21,23). The first-order valence-electron chi connectivity index (χ1n) is 6.85. The lowest BCUT2D eigenvalue weighted by Crippen LogP contribution is -2.32. The van der Waals surface area contributed by atoms with E-state index >= 15 is 0 Å². The Morgan fingerprint density at radius 1 is 1.08 bits per heavy atom. The Bertz CT molecular complexity index is 747. The fraction of sp³-hybridized carbons (Fsp3) is 0.118. The van der Waals surface area contributed by atoms with Crippen molar-refractivity contribution < 1.29 is 23.2 Å². The second kappa shape index (κ2) is 7.53. The number of nitrogens with one attached hydrogen (secondary N) is 1. The summed E-state index contributed by atoms with van der Waals surface area (Å²) in [5, 5.41) is 12.2. The van der Waals surface area contributed by atoms with Gasteiger partial charge in [-0.3, -0.25) is 5.21 Å². The molecular weight excluding hydrogens is 321 g/mol. The number of rotatable bonds is 2. The number of halogens is 3. The molecule has 0 unspecified atom stereocenters. The van der Waals surface area contributed by atoms with Crippen molar-refractivity contribution in [2.45, 2.75) is 6.18 Å². The fourth-order valence-corrected chi connectivity index (χ4v) is 1.74. The normalized spacial score (nSPS) is 10.5. The van der Waals surface area contributed by atoms with E-state index in [4.69, 9.17) is 0 Å². The Morgan fingerprint density at radius 2 is 1.71 bits per heavy atom. The molecule has 2 rings (SSSR count). The molecule has 0 saturated heterocycles. The molecule has 124 valence electrons. The molecule has 0 radical (unpaired) electrons. The number of benzene rings is 2. The average molecular weight is 334 g/mol. The van der Waals surface area contributed by atoms with Gasteiger partial charge < -0.3 is 5.32 Å². The van der Waals surface area contributed by atoms with Crippen LogP contribution in [0, 0.1) is 11.8 Å². The van der Waals surface area contributed by atoms with E-state index in [9.17, 15) is 23.2 Å². The maximum atomic E-state index is 12.4. The molecule has 0 fully saturated rings. The van der Waals surface area contributed by atoms with E-state index in [0.29, 0.717) is 5.06 Å². The number of anilines is 1. The predicted octanol–water partition coefficient (Wildman–Crippen LogP) is 3.98. The molecule has 0 bridgehead atoms. The second-order valence-electron chi connectivity index (χ2n) is 4.73. The highest BCUT2D eigenvalue weighted by molar-refractivity contribution is 5.88. The topological polar surface area (TPSA) is 52.6 Å². The van der Waals surface area contributed by atoms with Crippen molar-refractivity contribution in [1.82, 2.24) is 5.06 Å². The molecule has 2 amide bonds. The molecule has 0 saturated carbocycles. The van der Waals surface area contributed by atoms with Crippen LogP contribution in [0.25, 0.3) is 0 Å². The number of hydrogen-bond donors (Lipinski definition) is 2. The van der Waals surface area contributed by atoms with Crippen LogP contribution in [-0.2, 0) is 6.18 Å². The van der Waals surface area contributed by atoms with Gasteiger partial charge in [0.05, 0.1) is 5.56 Å². The van der Waals surface area contributed by atoms with Crippen molar-refractivity contribution in [3.05, 3.63) is 65.7 Å². The molecule has 0 spiro atoms. The third-order valence-corrected chi connectivity index (χ3v) is 2.93. The van der Waals surface area contributed by atoms with Gasteiger partial charge in [0.2, 0.25) is 0 Å². The molecule has 0 aliphatic heterocycles. The van der Waals surface area contributed by atoms with Crippen LogP contribution in [0.2, 0.25) is 0 Å². The van der Waals surface area contributed by atoms with Crippen LogP contribution in [0.4, 0.5) is 23.7 Å². The van der Waals surface area contributed by atoms with E-state index in [1.807, 2.05) is 6.07 Å². The minimum atomic E-state index is -4.45. The van der Waals surface area contributed by atoms with Crippen molar-refractivity contribution in [2.75, 3.05) is 11.9 Å². The van der Waals surface area contributed by atoms with Crippen molar-refractivity contribution >= 4 is 11.7 Å². The molecule has 24 heavy (non-hydrogen) atoms. The van der Waals surface area contributed by atoms with E-state index in [-0.39, 0.29) is 12.2 Å². The van der Waals surface area contributed by atoms with E-state index in [1.54, 1.807) is 24.3 Å². The minimum absolute atomic E-state index is 0.128. The van der Waals surface area contributed by atoms with Gasteiger partial charge >= 0.3 is 12.2 Å². The molecule has 0 heterocycles. The number of urea groups is 1. The van der Waals surface area contributed by atoms with Gasteiger partial charge in [-0.05, 0) is 36.4 Å². The summed E-state index contributed by atoms with van der Waals surface area (Å²) < 4.78 is 37.3. The van der Waals surface area contributed by atoms with Gasteiger partial charge in [0.15, 0.2) is 0 Å². The highest BCUT2D eigenvalue weighted by Gasteiger charge is 2.30. The van der Waals surface area contributed by atoms with Crippen molar-refractivity contribution in [2.24, 2.45) is 0 Å². The van der Waals surface area contributed by atoms with Crippen LogP contribution >= 0.6 is 0 Å². The minimum Gasteiger partial charge on any atom is -0.306 e. The van der Waals surface area contributed by atoms with Crippen LogP contribution in [0.1, 0.15) is 11.1 Å². The molecule has 7 heteroatoms. The lowest BCUT2D eigenvalue weighted by Gasteiger charge is -2.13. The van der Waals surface area contributed by atoms with Gasteiger partial charge in [0.1, 0.15) is 6.54 Å². The van der Waals surface area contributed by atoms with Gasteiger partial charge in [-0.25, -0.2) is 4.79 Å². The molecule has 4 nitrogen and oxygen atoms in total. The monoisotopic (exact) mass is 334 g/mol. The number of carbonyl (C=O) groups excluding carboxylic acids is 1. The molecule has 2 aromatic carbocycles. The van der Waals surface area contributed by atoms with E-state index in [2.05, 4.69) is 17.2 Å². The summed E-state index contributed by atoms with van der Waals surface area (Å²) in [6.45, 7) is -0.249. The summed E-state index contributed by atoms with van der Waals surface area (Å²) >= 11 is 0. The van der Waals surface area contributed by atoms with E-state index < -0.39 is 17.8 Å². The van der Waals surface area contributed by atoms with E-state index in [0.717, 1.165) is 29.8 Å². The maximum absolute atomic E-state index is 12.4. The number of hydroxylamine groups is 2. The first kappa shape index (κ1) is 17.4. The lowest BCUT2D eigenvalue weighted by molar-refractivity contribution is -0.137. The highest BCUT2D eigenvalue weighted by Crippen LogP contribution is 2.29. The third kappa shape index (κ3) is 5.04. The summed E-state index contributed by atoms with van der Waals surface area (Å²) in [5.41, 5.74) is 0.0344. The first-order valence-corrected chi connectivity index (χ1v) is 6.85. The SMILES string of the molecule is O=C(Nc1ccc(C(F)(F)F)cc1)N(O)CC#Cc1ccccc1. The number of amides is 2. The molecule has 0 aromatic heterocycles. The summed E-state index contributed by atoms with van der Waals surface area (Å²) in [6, 6.07) is 12.0. The van der Waals surface area contributed by atoms with Crippen LogP contribution in [0.5, 0.6) is 0 Å². The molecule has 0 aliphatic rings. The molecule has 0 aliphatic carbocycles. The largest absolute Gasteiger partial charge is 0.416 e. The average Bonchev–Trinajstić information content (AvgIpc) is 2.55. The van der Waals surface area contributed by atoms with Crippen LogP contribution in [0.15, 0.2) is 54.6 Å². The van der Waals surface area contributed by atoms with Crippen molar-refractivity contribution in [3.8, 4) is 11.8 Å². The Hall–Kier alpha value is -2.98. The zero-order chi connectivity index (χ0) is 17.6. The van der Waals surface area contributed by atoms with Crippen molar-refractivity contribution in [1.29, 1.82) is 0 Å². The molecule has 2 N–H and O–H groups in total. The molecular formula is C17H13F3N2O2. The zero-order valence-electron chi connectivity index (χ0n) is 12.3. The Kier molecular flexibility index (Phi) is 5.45. The van der Waals surface area contributed by atoms with Crippen LogP contribution < -0.4 is 5.32 Å². The van der Waals surface area contributed by atoms with Gasteiger partial charge in [-0.15, -0.1) is 0 Å². The zero-order valence-corrected chi connectivity index (χ0v) is 12.3. The Balaban J connectivity index is 1.91. The van der Waals surface area contributed by atoms with Crippen LogP contribution in [-0.4, -0.2) is 22.8 Å². The maximum Gasteiger partial charge on any atom is 0.416 e. The summed E-state index contributed by atoms with van der Waals surface area (Å²) in [5.74, 6) is 5.38. The second-order valence-corrected chi connectivity index (χ2v) is 4.73. The fourth-order valence-electron chi connectivity index (χ4n) is 1.74. The predicted molar refractivity (Wildman–Crippen MR) is 82.3 cm³/mol. The number of hydrogen-bond acceptors (Lipinski definition) is 2. The van der Waals surface area contributed by atoms with Gasteiger partial charge in [-0.1, -0.05) is 30.0 Å². The number of carbonyl (C=O) groups is 1. The first-order chi connectivity index (χ1) is 11.4. The molecule has 0 atom stereocenters.